The Balaban J connectivity index is 0.00000220. The molecule has 1 saturated heterocycles. The fraction of sp³-hybridized carbons (Fsp3) is 0.500. The van der Waals surface area contributed by atoms with Crippen LogP contribution in [0.5, 0.6) is 5.75 Å². The summed E-state index contributed by atoms with van der Waals surface area (Å²) in [4.78, 5) is 12.0. The number of ether oxygens (including phenoxy) is 2. The van der Waals surface area contributed by atoms with Crippen molar-refractivity contribution in [1.82, 2.24) is 5.32 Å². The van der Waals surface area contributed by atoms with Crippen LogP contribution in [0.15, 0.2) is 24.3 Å². The third kappa shape index (κ3) is 5.36. The lowest BCUT2D eigenvalue weighted by Gasteiger charge is -2.31. The van der Waals surface area contributed by atoms with Crippen LogP contribution in [0.3, 0.4) is 0 Å². The number of rotatable bonds is 5. The number of amides is 1. The predicted molar refractivity (Wildman–Crippen MR) is 84.2 cm³/mol. The Morgan fingerprint density at radius 3 is 2.57 bits per heavy atom. The summed E-state index contributed by atoms with van der Waals surface area (Å²) in [6.45, 7) is 1.87. The molecule has 0 atom stereocenters. The molecule has 0 bridgehead atoms. The van der Waals surface area contributed by atoms with E-state index in [9.17, 15) is 4.79 Å². The summed E-state index contributed by atoms with van der Waals surface area (Å²) in [7, 11) is 0. The first kappa shape index (κ1) is 18.0. The van der Waals surface area contributed by atoms with Gasteiger partial charge in [-0.05, 0) is 37.1 Å². The van der Waals surface area contributed by atoms with Crippen molar-refractivity contribution < 1.29 is 14.3 Å². The van der Waals surface area contributed by atoms with E-state index >= 15 is 0 Å². The monoisotopic (exact) mass is 334 g/mol. The molecule has 1 aliphatic rings. The molecule has 5 nitrogen and oxygen atoms in total. The van der Waals surface area contributed by atoms with Crippen LogP contribution < -0.4 is 15.8 Å². The minimum atomic E-state index is -0.807. The Labute approximate surface area is 135 Å². The highest BCUT2D eigenvalue weighted by Crippen LogP contribution is 2.18. The average molecular weight is 335 g/mol. The summed E-state index contributed by atoms with van der Waals surface area (Å²) >= 11 is 5.78. The fourth-order valence-electron chi connectivity index (χ4n) is 2.00. The zero-order valence-corrected chi connectivity index (χ0v) is 13.2. The van der Waals surface area contributed by atoms with Gasteiger partial charge in [0.05, 0.1) is 12.1 Å². The van der Waals surface area contributed by atoms with E-state index in [1.165, 1.54) is 0 Å². The van der Waals surface area contributed by atoms with Crippen LogP contribution in [0.4, 0.5) is 0 Å². The zero-order chi connectivity index (χ0) is 14.4. The molecule has 1 heterocycles. The van der Waals surface area contributed by atoms with Crippen LogP contribution in [0.1, 0.15) is 12.8 Å². The summed E-state index contributed by atoms with van der Waals surface area (Å²) in [6.07, 6.45) is 1.10. The molecular formula is C14H20Cl2N2O3. The molecule has 2 rings (SSSR count). The van der Waals surface area contributed by atoms with E-state index in [2.05, 4.69) is 5.32 Å². The molecule has 3 N–H and O–H groups in total. The van der Waals surface area contributed by atoms with E-state index in [0.29, 0.717) is 44.2 Å². The van der Waals surface area contributed by atoms with Gasteiger partial charge in [0.2, 0.25) is 5.91 Å². The van der Waals surface area contributed by atoms with Gasteiger partial charge in [0.15, 0.2) is 0 Å². The van der Waals surface area contributed by atoms with Crippen LogP contribution in [0, 0.1) is 0 Å². The predicted octanol–water partition coefficient (Wildman–Crippen LogP) is 1.76. The SMILES string of the molecule is Cl.NC1(C(=O)NCCOc2ccc(Cl)cc2)CCOCC1. The Morgan fingerprint density at radius 1 is 1.33 bits per heavy atom. The number of hydrogen-bond acceptors (Lipinski definition) is 4. The lowest BCUT2D eigenvalue weighted by molar-refractivity contribution is -0.129. The highest BCUT2D eigenvalue weighted by molar-refractivity contribution is 6.30. The number of carbonyl (C=O) groups is 1. The molecule has 0 radical (unpaired) electrons. The van der Waals surface area contributed by atoms with Crippen molar-refractivity contribution in [2.45, 2.75) is 18.4 Å². The molecule has 1 aromatic carbocycles. The lowest BCUT2D eigenvalue weighted by atomic mass is 9.90. The van der Waals surface area contributed by atoms with Crippen molar-refractivity contribution in [3.63, 3.8) is 0 Å². The molecule has 0 aliphatic carbocycles. The molecule has 0 saturated carbocycles. The summed E-state index contributed by atoms with van der Waals surface area (Å²) in [6, 6.07) is 7.08. The largest absolute Gasteiger partial charge is 0.492 e. The standard InChI is InChI=1S/C14H19ClN2O3.ClH/c15-11-1-3-12(4-2-11)20-10-7-17-13(18)14(16)5-8-19-9-6-14;/h1-4H,5-10,16H2,(H,17,18);1H. The van der Waals surface area contributed by atoms with E-state index < -0.39 is 5.54 Å². The van der Waals surface area contributed by atoms with E-state index in [-0.39, 0.29) is 18.3 Å². The van der Waals surface area contributed by atoms with Crippen molar-refractivity contribution >= 4 is 29.9 Å². The number of nitrogens with one attached hydrogen (secondary N) is 1. The van der Waals surface area contributed by atoms with E-state index in [4.69, 9.17) is 26.8 Å². The van der Waals surface area contributed by atoms with Crippen molar-refractivity contribution in [2.24, 2.45) is 5.73 Å². The lowest BCUT2D eigenvalue weighted by Crippen LogP contribution is -2.57. The van der Waals surface area contributed by atoms with Gasteiger partial charge in [-0.3, -0.25) is 4.79 Å². The number of hydrogen-bond donors (Lipinski definition) is 2. The topological polar surface area (TPSA) is 73.6 Å². The Bertz CT molecular complexity index is 448. The quantitative estimate of drug-likeness (QED) is 0.805. The van der Waals surface area contributed by atoms with Crippen molar-refractivity contribution in [2.75, 3.05) is 26.4 Å². The molecule has 118 valence electrons. The Morgan fingerprint density at radius 2 is 1.95 bits per heavy atom. The van der Waals surface area contributed by atoms with Crippen molar-refractivity contribution in [1.29, 1.82) is 0 Å². The molecule has 7 heteroatoms. The fourth-order valence-corrected chi connectivity index (χ4v) is 2.13. The highest BCUT2D eigenvalue weighted by Gasteiger charge is 2.35. The van der Waals surface area contributed by atoms with Gasteiger partial charge in [0.1, 0.15) is 12.4 Å². The molecular weight excluding hydrogens is 315 g/mol. The van der Waals surface area contributed by atoms with Gasteiger partial charge in [-0.1, -0.05) is 11.6 Å². The van der Waals surface area contributed by atoms with Crippen molar-refractivity contribution in [3.05, 3.63) is 29.3 Å². The second-order valence-corrected chi connectivity index (χ2v) is 5.26. The van der Waals surface area contributed by atoms with Gasteiger partial charge in [0, 0.05) is 18.2 Å². The number of nitrogens with two attached hydrogens (primary N) is 1. The van der Waals surface area contributed by atoms with E-state index in [0.717, 1.165) is 5.75 Å². The number of carbonyl (C=O) groups excluding carboxylic acids is 1. The molecule has 0 aromatic heterocycles. The normalized spacial score (nSPS) is 16.7. The van der Waals surface area contributed by atoms with E-state index in [1.807, 2.05) is 0 Å². The van der Waals surface area contributed by atoms with Gasteiger partial charge >= 0.3 is 0 Å². The molecule has 1 amide bonds. The molecule has 21 heavy (non-hydrogen) atoms. The number of benzene rings is 1. The maximum absolute atomic E-state index is 12.0. The van der Waals surface area contributed by atoms with Crippen LogP contribution >= 0.6 is 24.0 Å². The van der Waals surface area contributed by atoms with Gasteiger partial charge in [-0.15, -0.1) is 12.4 Å². The second-order valence-electron chi connectivity index (χ2n) is 4.83. The van der Waals surface area contributed by atoms with Crippen LogP contribution in [-0.4, -0.2) is 37.8 Å². The van der Waals surface area contributed by atoms with Gasteiger partial charge in [0.25, 0.3) is 0 Å². The second kappa shape index (κ2) is 8.44. The van der Waals surface area contributed by atoms with Gasteiger partial charge < -0.3 is 20.5 Å². The maximum atomic E-state index is 12.0. The van der Waals surface area contributed by atoms with Crippen LogP contribution in [0.25, 0.3) is 0 Å². The molecule has 1 aromatic rings. The summed E-state index contributed by atoms with van der Waals surface area (Å²) in [5, 5.41) is 3.47. The molecule has 1 aliphatic heterocycles. The first-order chi connectivity index (χ1) is 9.60. The third-order valence-corrected chi connectivity index (χ3v) is 3.56. The van der Waals surface area contributed by atoms with Gasteiger partial charge in [-0.2, -0.15) is 0 Å². The minimum absolute atomic E-state index is 0. The van der Waals surface area contributed by atoms with Crippen LogP contribution in [-0.2, 0) is 9.53 Å². The minimum Gasteiger partial charge on any atom is -0.492 e. The first-order valence-corrected chi connectivity index (χ1v) is 7.01. The first-order valence-electron chi connectivity index (χ1n) is 6.63. The molecule has 0 spiro atoms. The molecule has 1 fully saturated rings. The van der Waals surface area contributed by atoms with Crippen molar-refractivity contribution in [3.8, 4) is 5.75 Å². The summed E-state index contributed by atoms with van der Waals surface area (Å²) in [5.41, 5.74) is 5.26. The van der Waals surface area contributed by atoms with Crippen LogP contribution in [0.2, 0.25) is 5.02 Å². The molecule has 0 unspecified atom stereocenters. The highest BCUT2D eigenvalue weighted by atomic mass is 35.5. The Hall–Kier alpha value is -1.01. The zero-order valence-electron chi connectivity index (χ0n) is 11.6. The summed E-state index contributed by atoms with van der Waals surface area (Å²) < 4.78 is 10.7. The average Bonchev–Trinajstić information content (AvgIpc) is 2.46. The number of halogens is 2. The van der Waals surface area contributed by atoms with E-state index in [1.54, 1.807) is 24.3 Å². The summed E-state index contributed by atoms with van der Waals surface area (Å²) in [5.74, 6) is 0.581. The van der Waals surface area contributed by atoms with Gasteiger partial charge in [-0.25, -0.2) is 0 Å². The smallest absolute Gasteiger partial charge is 0.240 e. The third-order valence-electron chi connectivity index (χ3n) is 3.31. The Kier molecular flexibility index (Phi) is 7.25. The maximum Gasteiger partial charge on any atom is 0.240 e.